The van der Waals surface area contributed by atoms with Crippen molar-refractivity contribution in [3.05, 3.63) is 107 Å². The van der Waals surface area contributed by atoms with E-state index >= 15 is 0 Å². The standard InChI is InChI=1S/C27H29FN2O2/c1-3-29-27(32)25(17-21-9-5-4-6-10-21)30(19-22-15-13-20(2)14-16-22)26(31)18-23-11-7-8-12-24(23)28/h4-16,25H,3,17-19H2,1-2H3,(H,29,32)/t25-/m1/s1. The average Bonchev–Trinajstić information content (AvgIpc) is 2.79. The molecule has 0 aliphatic heterocycles. The number of hydrogen-bond donors (Lipinski definition) is 1. The lowest BCUT2D eigenvalue weighted by Crippen LogP contribution is -2.51. The Labute approximate surface area is 189 Å². The number of nitrogens with zero attached hydrogens (tertiary/aromatic N) is 1. The average molecular weight is 433 g/mol. The Morgan fingerprint density at radius 3 is 2.22 bits per heavy atom. The number of nitrogens with one attached hydrogen (secondary N) is 1. The first-order valence-electron chi connectivity index (χ1n) is 10.9. The number of hydrogen-bond acceptors (Lipinski definition) is 2. The summed E-state index contributed by atoms with van der Waals surface area (Å²) in [6.45, 7) is 4.58. The molecule has 0 saturated heterocycles. The first-order valence-corrected chi connectivity index (χ1v) is 10.9. The summed E-state index contributed by atoms with van der Waals surface area (Å²) >= 11 is 0. The van der Waals surface area contributed by atoms with E-state index in [9.17, 15) is 14.0 Å². The Morgan fingerprint density at radius 1 is 0.906 bits per heavy atom. The molecule has 32 heavy (non-hydrogen) atoms. The molecule has 0 saturated carbocycles. The van der Waals surface area contributed by atoms with Crippen LogP contribution in [0, 0.1) is 12.7 Å². The van der Waals surface area contributed by atoms with Crippen LogP contribution < -0.4 is 5.32 Å². The van der Waals surface area contributed by atoms with Crippen molar-refractivity contribution in [3.8, 4) is 0 Å². The van der Waals surface area contributed by atoms with Crippen LogP contribution in [-0.4, -0.2) is 29.3 Å². The van der Waals surface area contributed by atoms with E-state index in [0.717, 1.165) is 16.7 Å². The molecule has 0 bridgehead atoms. The maximum absolute atomic E-state index is 14.3. The second-order valence-corrected chi connectivity index (χ2v) is 7.88. The highest BCUT2D eigenvalue weighted by atomic mass is 19.1. The van der Waals surface area contributed by atoms with Gasteiger partial charge in [0.05, 0.1) is 6.42 Å². The molecule has 0 heterocycles. The van der Waals surface area contributed by atoms with Crippen molar-refractivity contribution in [2.24, 2.45) is 0 Å². The predicted molar refractivity (Wildman–Crippen MR) is 124 cm³/mol. The van der Waals surface area contributed by atoms with Crippen LogP contribution in [0.2, 0.25) is 0 Å². The van der Waals surface area contributed by atoms with Crippen molar-refractivity contribution in [2.45, 2.75) is 39.3 Å². The Bertz CT molecular complexity index is 1040. The van der Waals surface area contributed by atoms with E-state index in [0.29, 0.717) is 18.5 Å². The van der Waals surface area contributed by atoms with Gasteiger partial charge in [-0.2, -0.15) is 0 Å². The molecule has 0 unspecified atom stereocenters. The predicted octanol–water partition coefficient (Wildman–Crippen LogP) is 4.45. The van der Waals surface area contributed by atoms with Crippen molar-refractivity contribution >= 4 is 11.8 Å². The summed E-state index contributed by atoms with van der Waals surface area (Å²) in [5.41, 5.74) is 3.31. The van der Waals surface area contributed by atoms with Crippen molar-refractivity contribution in [1.82, 2.24) is 10.2 Å². The van der Waals surface area contributed by atoms with Gasteiger partial charge in [0.2, 0.25) is 11.8 Å². The molecular weight excluding hydrogens is 403 g/mol. The normalized spacial score (nSPS) is 11.6. The molecule has 0 aliphatic carbocycles. The lowest BCUT2D eigenvalue weighted by Gasteiger charge is -2.31. The van der Waals surface area contributed by atoms with E-state index in [-0.39, 0.29) is 24.8 Å². The van der Waals surface area contributed by atoms with E-state index in [2.05, 4.69) is 5.32 Å². The summed E-state index contributed by atoms with van der Waals surface area (Å²) < 4.78 is 14.3. The van der Waals surface area contributed by atoms with E-state index in [1.165, 1.54) is 6.07 Å². The number of benzene rings is 3. The van der Waals surface area contributed by atoms with Gasteiger partial charge in [0.25, 0.3) is 0 Å². The minimum absolute atomic E-state index is 0.108. The van der Waals surface area contributed by atoms with Gasteiger partial charge in [-0.1, -0.05) is 78.4 Å². The molecule has 0 spiro atoms. The van der Waals surface area contributed by atoms with Gasteiger partial charge >= 0.3 is 0 Å². The summed E-state index contributed by atoms with van der Waals surface area (Å²) in [4.78, 5) is 28.1. The van der Waals surface area contributed by atoms with Gasteiger partial charge in [-0.3, -0.25) is 9.59 Å². The number of likely N-dealkylation sites (N-methyl/N-ethyl adjacent to an activating group) is 1. The van der Waals surface area contributed by atoms with Gasteiger partial charge in [-0.15, -0.1) is 0 Å². The molecule has 0 fully saturated rings. The summed E-state index contributed by atoms with van der Waals surface area (Å²) in [6, 6.07) is 23.0. The second kappa shape index (κ2) is 11.2. The highest BCUT2D eigenvalue weighted by Gasteiger charge is 2.30. The highest BCUT2D eigenvalue weighted by Crippen LogP contribution is 2.18. The minimum atomic E-state index is -0.710. The first-order chi connectivity index (χ1) is 15.5. The van der Waals surface area contributed by atoms with E-state index in [4.69, 9.17) is 0 Å². The smallest absolute Gasteiger partial charge is 0.243 e. The van der Waals surface area contributed by atoms with E-state index in [1.54, 1.807) is 23.1 Å². The zero-order chi connectivity index (χ0) is 22.9. The molecule has 0 aromatic heterocycles. The lowest BCUT2D eigenvalue weighted by atomic mass is 10.0. The van der Waals surface area contributed by atoms with Gasteiger partial charge in [0.1, 0.15) is 11.9 Å². The van der Waals surface area contributed by atoms with Crippen LogP contribution in [0.4, 0.5) is 4.39 Å². The van der Waals surface area contributed by atoms with Gasteiger partial charge < -0.3 is 10.2 Å². The van der Waals surface area contributed by atoms with Gasteiger partial charge in [0.15, 0.2) is 0 Å². The second-order valence-electron chi connectivity index (χ2n) is 7.88. The van der Waals surface area contributed by atoms with Crippen LogP contribution in [-0.2, 0) is 29.0 Å². The molecule has 3 aromatic rings. The van der Waals surface area contributed by atoms with Gasteiger partial charge in [-0.05, 0) is 36.6 Å². The Hall–Kier alpha value is -3.47. The van der Waals surface area contributed by atoms with Crippen LogP contribution in [0.3, 0.4) is 0 Å². The maximum atomic E-state index is 14.3. The fourth-order valence-corrected chi connectivity index (χ4v) is 3.64. The number of carbonyl (C=O) groups excluding carboxylic acids is 2. The monoisotopic (exact) mass is 432 g/mol. The molecule has 1 N–H and O–H groups in total. The Morgan fingerprint density at radius 2 is 1.56 bits per heavy atom. The summed E-state index contributed by atoms with van der Waals surface area (Å²) in [5, 5.41) is 2.86. The molecule has 3 rings (SSSR count). The summed E-state index contributed by atoms with van der Waals surface area (Å²) in [7, 11) is 0. The van der Waals surface area contributed by atoms with Crippen molar-refractivity contribution in [3.63, 3.8) is 0 Å². The zero-order valence-corrected chi connectivity index (χ0v) is 18.6. The highest BCUT2D eigenvalue weighted by molar-refractivity contribution is 5.88. The molecule has 5 heteroatoms. The van der Waals surface area contributed by atoms with Crippen LogP contribution >= 0.6 is 0 Å². The van der Waals surface area contributed by atoms with Crippen LogP contribution in [0.1, 0.15) is 29.2 Å². The van der Waals surface area contributed by atoms with Gasteiger partial charge in [0, 0.05) is 19.5 Å². The molecular formula is C27H29FN2O2. The number of carbonyl (C=O) groups is 2. The van der Waals surface area contributed by atoms with Crippen LogP contribution in [0.25, 0.3) is 0 Å². The molecule has 1 atom stereocenters. The fraction of sp³-hybridized carbons (Fsp3) is 0.259. The minimum Gasteiger partial charge on any atom is -0.355 e. The SMILES string of the molecule is CCNC(=O)[C@@H](Cc1ccccc1)N(Cc1ccc(C)cc1)C(=O)Cc1ccccc1F. The number of halogens is 1. The Kier molecular flexibility index (Phi) is 8.14. The first kappa shape index (κ1) is 23.2. The van der Waals surface area contributed by atoms with E-state index in [1.807, 2.05) is 68.4 Å². The van der Waals surface area contributed by atoms with Crippen molar-refractivity contribution < 1.29 is 14.0 Å². The van der Waals surface area contributed by atoms with Crippen molar-refractivity contribution in [2.75, 3.05) is 6.54 Å². The van der Waals surface area contributed by atoms with Crippen LogP contribution in [0.5, 0.6) is 0 Å². The molecule has 3 aromatic carbocycles. The number of aryl methyl sites for hydroxylation is 1. The maximum Gasteiger partial charge on any atom is 0.243 e. The quantitative estimate of drug-likeness (QED) is 0.543. The molecule has 166 valence electrons. The number of rotatable bonds is 9. The van der Waals surface area contributed by atoms with Crippen LogP contribution in [0.15, 0.2) is 78.9 Å². The molecule has 4 nitrogen and oxygen atoms in total. The molecule has 0 radical (unpaired) electrons. The van der Waals surface area contributed by atoms with E-state index < -0.39 is 11.9 Å². The topological polar surface area (TPSA) is 49.4 Å². The summed E-state index contributed by atoms with van der Waals surface area (Å²) in [6.07, 6.45) is 0.269. The zero-order valence-electron chi connectivity index (χ0n) is 18.6. The van der Waals surface area contributed by atoms with Gasteiger partial charge in [-0.25, -0.2) is 4.39 Å². The number of amides is 2. The molecule has 0 aliphatic rings. The third-order valence-corrected chi connectivity index (χ3v) is 5.40. The summed E-state index contributed by atoms with van der Waals surface area (Å²) in [5.74, 6) is -0.929. The third kappa shape index (κ3) is 6.27. The fourth-order valence-electron chi connectivity index (χ4n) is 3.64. The lowest BCUT2D eigenvalue weighted by molar-refractivity contribution is -0.140. The largest absolute Gasteiger partial charge is 0.355 e. The van der Waals surface area contributed by atoms with Crippen molar-refractivity contribution in [1.29, 1.82) is 0 Å². The third-order valence-electron chi connectivity index (χ3n) is 5.40. The Balaban J connectivity index is 1.95. The molecule has 2 amide bonds.